The minimum atomic E-state index is -3.97. The number of carbonyl (C=O) groups excluding carboxylic acids is 1. The fourth-order valence-electron chi connectivity index (χ4n) is 4.97. The lowest BCUT2D eigenvalue weighted by Gasteiger charge is -2.37. The van der Waals surface area contributed by atoms with Gasteiger partial charge in [0.05, 0.1) is 13.2 Å². The molecule has 2 aromatic carbocycles. The molecule has 1 N–H and O–H groups in total. The van der Waals surface area contributed by atoms with E-state index in [-0.39, 0.29) is 47.7 Å². The van der Waals surface area contributed by atoms with Crippen LogP contribution in [-0.2, 0) is 10.0 Å². The predicted molar refractivity (Wildman–Crippen MR) is 143 cm³/mol. The zero-order valence-corrected chi connectivity index (χ0v) is 22.9. The van der Waals surface area contributed by atoms with Crippen LogP contribution in [0.15, 0.2) is 47.4 Å². The number of sulfonamides is 1. The fraction of sp³-hybridized carbons (Fsp3) is 0.483. The lowest BCUT2D eigenvalue weighted by Crippen LogP contribution is -2.50. The number of benzene rings is 2. The quantitative estimate of drug-likeness (QED) is 0.579. The molecule has 7 nitrogen and oxygen atoms in total. The number of hydrogen-bond donors (Lipinski definition) is 1. The van der Waals surface area contributed by atoms with Gasteiger partial charge in [-0.3, -0.25) is 4.79 Å². The van der Waals surface area contributed by atoms with Crippen LogP contribution in [0.2, 0.25) is 0 Å². The van der Waals surface area contributed by atoms with E-state index in [2.05, 4.69) is 11.8 Å². The van der Waals surface area contributed by atoms with Crippen LogP contribution in [0.25, 0.3) is 0 Å². The van der Waals surface area contributed by atoms with Crippen molar-refractivity contribution >= 4 is 15.9 Å². The number of rotatable bonds is 5. The summed E-state index contributed by atoms with van der Waals surface area (Å²) < 4.78 is 48.7. The molecule has 0 saturated heterocycles. The molecule has 204 valence electrons. The van der Waals surface area contributed by atoms with Gasteiger partial charge >= 0.3 is 0 Å². The van der Waals surface area contributed by atoms with E-state index >= 15 is 0 Å². The third kappa shape index (κ3) is 6.20. The Bertz CT molecular complexity index is 1330. The Morgan fingerprint density at radius 2 is 1.97 bits per heavy atom. The van der Waals surface area contributed by atoms with Gasteiger partial charge in [-0.25, -0.2) is 12.8 Å². The Kier molecular flexibility index (Phi) is 8.76. The maximum absolute atomic E-state index is 13.7. The number of hydrogen-bond acceptors (Lipinski definition) is 5. The SMILES string of the molecule is C[C@H](CO)N1C[C@H](C)[C@H](CN(C)C(=O)c2cccc(F)c2)Oc2cc(C#CC3CCCC3)ccc2S1(=O)=O. The molecule has 1 heterocycles. The number of nitrogens with zero attached hydrogens (tertiary/aromatic N) is 2. The van der Waals surface area contributed by atoms with E-state index in [1.807, 2.05) is 6.92 Å². The summed E-state index contributed by atoms with van der Waals surface area (Å²) >= 11 is 0. The second-order valence-corrected chi connectivity index (χ2v) is 12.2. The zero-order chi connectivity index (χ0) is 27.4. The molecule has 2 aliphatic rings. The van der Waals surface area contributed by atoms with Crippen LogP contribution in [-0.4, -0.2) is 67.5 Å². The third-order valence-corrected chi connectivity index (χ3v) is 9.33. The van der Waals surface area contributed by atoms with Crippen LogP contribution in [0.4, 0.5) is 4.39 Å². The molecule has 0 unspecified atom stereocenters. The summed E-state index contributed by atoms with van der Waals surface area (Å²) in [5.41, 5.74) is 0.873. The monoisotopic (exact) mass is 542 g/mol. The Morgan fingerprint density at radius 1 is 1.24 bits per heavy atom. The Labute approximate surface area is 224 Å². The van der Waals surface area contributed by atoms with Gasteiger partial charge in [0.25, 0.3) is 5.91 Å². The second-order valence-electron chi connectivity index (χ2n) is 10.3. The smallest absolute Gasteiger partial charge is 0.253 e. The summed E-state index contributed by atoms with van der Waals surface area (Å²) in [7, 11) is -2.36. The molecule has 0 bridgehead atoms. The van der Waals surface area contributed by atoms with Gasteiger partial charge in [0.2, 0.25) is 10.0 Å². The van der Waals surface area contributed by atoms with Gasteiger partial charge in [-0.15, -0.1) is 0 Å². The topological polar surface area (TPSA) is 87.2 Å². The summed E-state index contributed by atoms with van der Waals surface area (Å²) in [6, 6.07) is 9.68. The van der Waals surface area contributed by atoms with Gasteiger partial charge in [0, 0.05) is 42.6 Å². The first-order valence-electron chi connectivity index (χ1n) is 13.1. The summed E-state index contributed by atoms with van der Waals surface area (Å²) in [5.74, 6) is 5.79. The molecule has 0 radical (unpaired) electrons. The molecule has 9 heteroatoms. The molecule has 1 amide bonds. The fourth-order valence-corrected chi connectivity index (χ4v) is 6.80. The van der Waals surface area contributed by atoms with Crippen LogP contribution < -0.4 is 4.74 Å². The number of amides is 1. The Hall–Kier alpha value is -2.93. The Balaban J connectivity index is 1.69. The van der Waals surface area contributed by atoms with Crippen molar-refractivity contribution in [2.75, 3.05) is 26.7 Å². The third-order valence-electron chi connectivity index (χ3n) is 7.32. The molecular weight excluding hydrogens is 507 g/mol. The highest BCUT2D eigenvalue weighted by Crippen LogP contribution is 2.34. The molecule has 0 aromatic heterocycles. The number of likely N-dealkylation sites (N-methyl/N-ethyl adjacent to an activating group) is 1. The van der Waals surface area contributed by atoms with E-state index in [0.717, 1.165) is 12.8 Å². The molecule has 3 atom stereocenters. The van der Waals surface area contributed by atoms with Crippen molar-refractivity contribution in [3.05, 3.63) is 59.4 Å². The van der Waals surface area contributed by atoms with E-state index in [1.165, 1.54) is 46.3 Å². The summed E-state index contributed by atoms with van der Waals surface area (Å²) in [6.07, 6.45) is 3.92. The van der Waals surface area contributed by atoms with Crippen molar-refractivity contribution in [2.24, 2.45) is 11.8 Å². The molecule has 38 heavy (non-hydrogen) atoms. The molecule has 4 rings (SSSR count). The maximum atomic E-state index is 13.7. The number of halogens is 1. The number of aliphatic hydroxyl groups is 1. The van der Waals surface area contributed by atoms with Crippen LogP contribution in [0.1, 0.15) is 55.5 Å². The number of fused-ring (bicyclic) bond motifs is 1. The first-order valence-corrected chi connectivity index (χ1v) is 14.5. The largest absolute Gasteiger partial charge is 0.487 e. The van der Waals surface area contributed by atoms with Crippen molar-refractivity contribution in [2.45, 2.75) is 56.6 Å². The van der Waals surface area contributed by atoms with E-state index in [1.54, 1.807) is 32.2 Å². The predicted octanol–water partition coefficient (Wildman–Crippen LogP) is 3.91. The number of carbonyl (C=O) groups is 1. The zero-order valence-electron chi connectivity index (χ0n) is 22.1. The maximum Gasteiger partial charge on any atom is 0.253 e. The molecule has 1 fully saturated rings. The van der Waals surface area contributed by atoms with Crippen molar-refractivity contribution in [1.82, 2.24) is 9.21 Å². The first kappa shape index (κ1) is 28.1. The van der Waals surface area contributed by atoms with Gasteiger partial charge in [0.1, 0.15) is 22.6 Å². The highest BCUT2D eigenvalue weighted by atomic mass is 32.2. The number of aliphatic hydroxyl groups excluding tert-OH is 1. The van der Waals surface area contributed by atoms with E-state index in [0.29, 0.717) is 11.5 Å². The first-order chi connectivity index (χ1) is 18.1. The van der Waals surface area contributed by atoms with Crippen LogP contribution in [0.3, 0.4) is 0 Å². The molecule has 1 aliphatic carbocycles. The second kappa shape index (κ2) is 11.9. The van der Waals surface area contributed by atoms with E-state index in [9.17, 15) is 22.7 Å². The van der Waals surface area contributed by atoms with E-state index in [4.69, 9.17) is 4.74 Å². The minimum Gasteiger partial charge on any atom is -0.487 e. The molecule has 1 saturated carbocycles. The lowest BCUT2D eigenvalue weighted by atomic mass is 10.0. The molecule has 2 aromatic rings. The van der Waals surface area contributed by atoms with Gasteiger partial charge in [-0.2, -0.15) is 4.31 Å². The average Bonchev–Trinajstić information content (AvgIpc) is 3.42. The molecular formula is C29H35FN2O5S. The van der Waals surface area contributed by atoms with Gasteiger partial charge in [-0.05, 0) is 56.2 Å². The number of ether oxygens (including phenoxy) is 1. The molecule has 0 spiro atoms. The average molecular weight is 543 g/mol. The summed E-state index contributed by atoms with van der Waals surface area (Å²) in [6.45, 7) is 3.42. The normalized spacial score (nSPS) is 22.2. The summed E-state index contributed by atoms with van der Waals surface area (Å²) in [5, 5.41) is 9.83. The highest BCUT2D eigenvalue weighted by molar-refractivity contribution is 7.89. The van der Waals surface area contributed by atoms with Crippen LogP contribution >= 0.6 is 0 Å². The van der Waals surface area contributed by atoms with Crippen molar-refractivity contribution in [1.29, 1.82) is 0 Å². The van der Waals surface area contributed by atoms with Gasteiger partial charge < -0.3 is 14.7 Å². The van der Waals surface area contributed by atoms with E-state index < -0.39 is 28.0 Å². The van der Waals surface area contributed by atoms with Crippen molar-refractivity contribution < 1.29 is 27.4 Å². The Morgan fingerprint density at radius 3 is 2.66 bits per heavy atom. The molecule has 1 aliphatic heterocycles. The minimum absolute atomic E-state index is 0.000210. The lowest BCUT2D eigenvalue weighted by molar-refractivity contribution is 0.0563. The van der Waals surface area contributed by atoms with Crippen molar-refractivity contribution in [3.63, 3.8) is 0 Å². The standard InChI is InChI=1S/C29H35FN2O5S/c1-20-17-32(21(2)19-33)38(35,36)28-14-13-23(12-11-22-7-4-5-8-22)15-26(28)37-27(20)18-31(3)29(34)24-9-6-10-25(30)16-24/h6,9-10,13-16,20-22,27,33H,4-5,7-8,17-19H2,1-3H3/t20-,21+,27-/m0/s1. The highest BCUT2D eigenvalue weighted by Gasteiger charge is 2.38. The van der Waals surface area contributed by atoms with Crippen molar-refractivity contribution in [3.8, 4) is 17.6 Å². The van der Waals surface area contributed by atoms with Gasteiger partial charge in [-0.1, -0.05) is 37.7 Å². The van der Waals surface area contributed by atoms with Crippen LogP contribution in [0.5, 0.6) is 5.75 Å². The summed E-state index contributed by atoms with van der Waals surface area (Å²) in [4.78, 5) is 14.5. The van der Waals surface area contributed by atoms with Crippen LogP contribution in [0, 0.1) is 29.5 Å². The van der Waals surface area contributed by atoms with Gasteiger partial charge in [0.15, 0.2) is 0 Å².